The highest BCUT2D eigenvalue weighted by molar-refractivity contribution is 6.36. The second kappa shape index (κ2) is 11.7. The van der Waals surface area contributed by atoms with E-state index in [4.69, 9.17) is 0 Å². The van der Waals surface area contributed by atoms with Crippen molar-refractivity contribution in [3.63, 3.8) is 0 Å². The summed E-state index contributed by atoms with van der Waals surface area (Å²) in [6.45, 7) is 4.73. The van der Waals surface area contributed by atoms with Crippen molar-refractivity contribution in [3.05, 3.63) is 71.4 Å². The van der Waals surface area contributed by atoms with E-state index in [9.17, 15) is 9.59 Å². The minimum absolute atomic E-state index is 0.181. The molecule has 32 heavy (non-hydrogen) atoms. The van der Waals surface area contributed by atoms with Gasteiger partial charge in [-0.3, -0.25) is 14.5 Å². The molecule has 1 aliphatic rings. The second-order valence-electron chi connectivity index (χ2n) is 8.72. The van der Waals surface area contributed by atoms with Crippen LogP contribution in [0.3, 0.4) is 0 Å². The zero-order valence-corrected chi connectivity index (χ0v) is 19.8. The number of hydrogen-bond donors (Lipinski definition) is 0. The fourth-order valence-electron chi connectivity index (χ4n) is 4.24. The molecule has 0 aliphatic carbocycles. The van der Waals surface area contributed by atoms with Crippen molar-refractivity contribution in [2.45, 2.75) is 65.2 Å². The van der Waals surface area contributed by atoms with E-state index < -0.39 is 0 Å². The predicted octanol–water partition coefficient (Wildman–Crippen LogP) is 6.35. The molecule has 0 atom stereocenters. The van der Waals surface area contributed by atoms with E-state index in [-0.39, 0.29) is 11.8 Å². The highest BCUT2D eigenvalue weighted by atomic mass is 16.2. The molecule has 2 amide bonds. The molecule has 1 heterocycles. The number of benzene rings is 2. The average Bonchev–Trinajstić information content (AvgIpc) is 3.06. The van der Waals surface area contributed by atoms with Crippen LogP contribution in [0.5, 0.6) is 0 Å². The molecule has 170 valence electrons. The number of para-hydroxylation sites is 1. The summed E-state index contributed by atoms with van der Waals surface area (Å²) in [7, 11) is 1.86. The topological polar surface area (TPSA) is 40.6 Å². The number of imide groups is 1. The number of unbranched alkanes of at least 4 members (excludes halogenated alkanes) is 7. The molecule has 0 saturated carbocycles. The number of amides is 2. The largest absolute Gasteiger partial charge is 0.339 e. The van der Waals surface area contributed by atoms with Gasteiger partial charge in [0.2, 0.25) is 0 Å². The van der Waals surface area contributed by atoms with Crippen LogP contribution in [-0.4, -0.2) is 30.3 Å². The van der Waals surface area contributed by atoms with Crippen LogP contribution in [0.2, 0.25) is 0 Å². The van der Waals surface area contributed by atoms with E-state index in [0.29, 0.717) is 17.8 Å². The highest BCUT2D eigenvalue weighted by Crippen LogP contribution is 2.33. The van der Waals surface area contributed by atoms with Gasteiger partial charge in [0, 0.05) is 19.3 Å². The van der Waals surface area contributed by atoms with Gasteiger partial charge in [-0.05, 0) is 31.0 Å². The highest BCUT2D eigenvalue weighted by Gasteiger charge is 2.40. The first-order valence-corrected chi connectivity index (χ1v) is 12.0. The monoisotopic (exact) mass is 432 g/mol. The Kier molecular flexibility index (Phi) is 8.66. The molecule has 0 radical (unpaired) electrons. The molecule has 0 N–H and O–H groups in total. The lowest BCUT2D eigenvalue weighted by Gasteiger charge is -2.21. The van der Waals surface area contributed by atoms with Gasteiger partial charge in [-0.1, -0.05) is 99.9 Å². The standard InChI is InChI=1S/C28H36N2O2/c1-4-5-6-7-8-9-10-14-21-30-27(31)25(23-19-17-22(2)18-20-23)26(28(30)32)29(3)24-15-12-11-13-16-24/h11-13,15-20H,4-10,14,21H2,1-3H3. The van der Waals surface area contributed by atoms with Crippen molar-refractivity contribution >= 4 is 23.1 Å². The average molecular weight is 433 g/mol. The van der Waals surface area contributed by atoms with Crippen LogP contribution in [-0.2, 0) is 9.59 Å². The van der Waals surface area contributed by atoms with Gasteiger partial charge in [0.05, 0.1) is 5.57 Å². The number of likely N-dealkylation sites (N-methyl/N-ethyl adjacent to an activating group) is 1. The molecule has 0 fully saturated rings. The quantitative estimate of drug-likeness (QED) is 0.290. The molecule has 2 aromatic rings. The van der Waals surface area contributed by atoms with Crippen molar-refractivity contribution in [3.8, 4) is 0 Å². The van der Waals surface area contributed by atoms with Gasteiger partial charge < -0.3 is 4.90 Å². The number of carbonyl (C=O) groups excluding carboxylic acids is 2. The molecule has 0 saturated heterocycles. The van der Waals surface area contributed by atoms with Crippen molar-refractivity contribution in [2.75, 3.05) is 18.5 Å². The maximum absolute atomic E-state index is 13.4. The first-order chi connectivity index (χ1) is 15.5. The Morgan fingerprint density at radius 1 is 0.750 bits per heavy atom. The maximum Gasteiger partial charge on any atom is 0.278 e. The van der Waals surface area contributed by atoms with Crippen LogP contribution in [0.1, 0.15) is 69.4 Å². The fourth-order valence-corrected chi connectivity index (χ4v) is 4.24. The van der Waals surface area contributed by atoms with Crippen molar-refractivity contribution in [2.24, 2.45) is 0 Å². The van der Waals surface area contributed by atoms with Crippen molar-refractivity contribution in [1.82, 2.24) is 4.90 Å². The van der Waals surface area contributed by atoms with Crippen LogP contribution in [0.4, 0.5) is 5.69 Å². The molecular weight excluding hydrogens is 396 g/mol. The van der Waals surface area contributed by atoms with Gasteiger partial charge in [0.1, 0.15) is 5.70 Å². The molecule has 0 spiro atoms. The Balaban J connectivity index is 1.74. The van der Waals surface area contributed by atoms with Crippen LogP contribution < -0.4 is 4.90 Å². The predicted molar refractivity (Wildman–Crippen MR) is 132 cm³/mol. The van der Waals surface area contributed by atoms with Gasteiger partial charge in [0.25, 0.3) is 11.8 Å². The zero-order valence-electron chi connectivity index (χ0n) is 19.8. The summed E-state index contributed by atoms with van der Waals surface area (Å²) in [5, 5.41) is 0. The summed E-state index contributed by atoms with van der Waals surface area (Å²) in [6.07, 6.45) is 9.45. The number of aryl methyl sites for hydroxylation is 1. The number of nitrogens with zero attached hydrogens (tertiary/aromatic N) is 2. The zero-order chi connectivity index (χ0) is 22.9. The summed E-state index contributed by atoms with van der Waals surface area (Å²) >= 11 is 0. The van der Waals surface area contributed by atoms with Crippen LogP contribution >= 0.6 is 0 Å². The van der Waals surface area contributed by atoms with Crippen LogP contribution in [0.25, 0.3) is 5.57 Å². The summed E-state index contributed by atoms with van der Waals surface area (Å²) in [4.78, 5) is 30.1. The molecular formula is C28H36N2O2. The second-order valence-corrected chi connectivity index (χ2v) is 8.72. The lowest BCUT2D eigenvalue weighted by molar-refractivity contribution is -0.136. The van der Waals surface area contributed by atoms with Gasteiger partial charge >= 0.3 is 0 Å². The minimum Gasteiger partial charge on any atom is -0.339 e. The number of anilines is 1. The summed E-state index contributed by atoms with van der Waals surface area (Å²) < 4.78 is 0. The van der Waals surface area contributed by atoms with E-state index >= 15 is 0 Å². The Morgan fingerprint density at radius 3 is 1.97 bits per heavy atom. The van der Waals surface area contributed by atoms with Gasteiger partial charge in [-0.25, -0.2) is 0 Å². The van der Waals surface area contributed by atoms with E-state index in [1.807, 2.05) is 73.5 Å². The minimum atomic E-state index is -0.195. The molecule has 2 aromatic carbocycles. The Morgan fingerprint density at radius 2 is 1.34 bits per heavy atom. The maximum atomic E-state index is 13.4. The third-order valence-electron chi connectivity index (χ3n) is 6.20. The number of carbonyl (C=O) groups is 2. The lowest BCUT2D eigenvalue weighted by atomic mass is 10.0. The van der Waals surface area contributed by atoms with E-state index in [1.54, 1.807) is 0 Å². The van der Waals surface area contributed by atoms with E-state index in [0.717, 1.165) is 36.1 Å². The molecule has 4 nitrogen and oxygen atoms in total. The number of hydrogen-bond acceptors (Lipinski definition) is 3. The Hall–Kier alpha value is -2.88. The van der Waals surface area contributed by atoms with Gasteiger partial charge in [-0.15, -0.1) is 0 Å². The third-order valence-corrected chi connectivity index (χ3v) is 6.20. The van der Waals surface area contributed by atoms with Crippen molar-refractivity contribution < 1.29 is 9.59 Å². The molecule has 0 bridgehead atoms. The van der Waals surface area contributed by atoms with Crippen LogP contribution in [0.15, 0.2) is 60.3 Å². The van der Waals surface area contributed by atoms with Gasteiger partial charge in [-0.2, -0.15) is 0 Å². The number of rotatable bonds is 12. The Labute approximate surface area is 192 Å². The normalized spacial score (nSPS) is 13.9. The molecule has 0 unspecified atom stereocenters. The van der Waals surface area contributed by atoms with Crippen LogP contribution in [0, 0.1) is 6.92 Å². The molecule has 1 aliphatic heterocycles. The molecule has 3 rings (SSSR count). The fraction of sp³-hybridized carbons (Fsp3) is 0.429. The molecule has 4 heteroatoms. The third kappa shape index (κ3) is 5.67. The van der Waals surface area contributed by atoms with Crippen molar-refractivity contribution in [1.29, 1.82) is 0 Å². The summed E-state index contributed by atoms with van der Waals surface area (Å²) in [6, 6.07) is 17.6. The summed E-state index contributed by atoms with van der Waals surface area (Å²) in [5.74, 6) is -0.376. The lowest BCUT2D eigenvalue weighted by Crippen LogP contribution is -2.35. The van der Waals surface area contributed by atoms with Gasteiger partial charge in [0.15, 0.2) is 0 Å². The SMILES string of the molecule is CCCCCCCCCCN1C(=O)C(c2ccc(C)cc2)=C(N(C)c2ccccc2)C1=O. The van der Waals surface area contributed by atoms with E-state index in [1.165, 1.54) is 37.0 Å². The molecule has 0 aromatic heterocycles. The smallest absolute Gasteiger partial charge is 0.278 e. The first kappa shape index (κ1) is 23.8. The Bertz CT molecular complexity index is 932. The van der Waals surface area contributed by atoms with E-state index in [2.05, 4.69) is 6.92 Å². The first-order valence-electron chi connectivity index (χ1n) is 12.0. The summed E-state index contributed by atoms with van der Waals surface area (Å²) in [5.41, 5.74) is 3.78.